The Labute approximate surface area is 349 Å². The predicted octanol–water partition coefficient (Wildman–Crippen LogP) is 4.08. The van der Waals surface area contributed by atoms with Crippen LogP contribution in [0.1, 0.15) is 104 Å². The normalized spacial score (nSPS) is 18.6. The van der Waals surface area contributed by atoms with Gasteiger partial charge in [0.05, 0.1) is 44.8 Å². The maximum atomic E-state index is 14.3. The lowest BCUT2D eigenvalue weighted by atomic mass is 9.83. The number of ether oxygens (including phenoxy) is 2. The minimum atomic E-state index is -5.19. The molecule has 1 N–H and O–H groups in total. The van der Waals surface area contributed by atoms with Gasteiger partial charge in [0.2, 0.25) is 11.8 Å². The number of carbonyl (C=O) groups is 6. The van der Waals surface area contributed by atoms with Gasteiger partial charge in [0, 0.05) is 69.9 Å². The number of amides is 2. The average Bonchev–Trinajstić information content (AvgIpc) is 3.65. The number of carbonyl (C=O) groups excluding carboxylic acids is 6. The number of ketones is 3. The third-order valence-electron chi connectivity index (χ3n) is 11.8. The van der Waals surface area contributed by atoms with Crippen molar-refractivity contribution in [3.63, 3.8) is 0 Å². The molecule has 0 aliphatic carbocycles. The third kappa shape index (κ3) is 15.4. The molecule has 1 fully saturated rings. The van der Waals surface area contributed by atoms with E-state index in [0.29, 0.717) is 18.5 Å². The number of rotatable bonds is 22. The molecular weight excluding hydrogens is 771 g/mol. The van der Waals surface area contributed by atoms with Crippen LogP contribution >= 0.6 is 0 Å². The van der Waals surface area contributed by atoms with Crippen molar-refractivity contribution in [2.45, 2.75) is 130 Å². The maximum Gasteiger partial charge on any atom is 0.430 e. The van der Waals surface area contributed by atoms with Gasteiger partial charge in [-0.15, -0.1) is 0 Å². The Kier molecular flexibility index (Phi) is 22.2. The van der Waals surface area contributed by atoms with Gasteiger partial charge in [-0.1, -0.05) is 92.1 Å². The van der Waals surface area contributed by atoms with Crippen LogP contribution in [-0.4, -0.2) is 123 Å². The standard InChI is InChI=1S/C42H69N3O7.C2HF3O2/c1-14-28(6)39(44(11)42(50)32(26(2)3)24-35(47)38(27(4)5)43(9)10)36(51-12)25-37(48)45-22-18-21-33(45)41(52-13)30(8)34(46)23-29(7)40(49)31-19-16-15-17-20-31;3-2(4,5)1(6)7/h15-17,19-20,26-30,32-33,36,38-39,41H,14,18,21-25H2,1-13H3;(H,6,7)/t28-,29-,30-,32-,33-,36+,38-,39-,41+;/m0./s1. The fraction of sp³-hybridized carbons (Fsp3) is 0.727. The number of nitrogens with zero attached hydrogens (tertiary/aromatic N) is 2. The molecule has 0 aromatic heterocycles. The molecule has 9 atom stereocenters. The van der Waals surface area contributed by atoms with Crippen molar-refractivity contribution in [3.8, 4) is 0 Å². The van der Waals surface area contributed by atoms with Crippen LogP contribution in [0.4, 0.5) is 13.2 Å². The number of halogens is 3. The van der Waals surface area contributed by atoms with Gasteiger partial charge in [-0.3, -0.25) is 24.0 Å². The van der Waals surface area contributed by atoms with Crippen LogP contribution in [0.2, 0.25) is 0 Å². The number of alkyl halides is 3. The lowest BCUT2D eigenvalue weighted by Gasteiger charge is -2.41. The molecule has 0 spiro atoms. The first-order valence-corrected chi connectivity index (χ1v) is 20.7. The number of nitrogens with one attached hydrogen (secondary N) is 1. The van der Waals surface area contributed by atoms with E-state index in [-0.39, 0.29) is 78.3 Å². The number of Topliss-reactive ketones (excluding diaryl/α,β-unsaturated/α-hetero) is 3. The molecule has 1 saturated heterocycles. The van der Waals surface area contributed by atoms with Crippen LogP contribution in [0.3, 0.4) is 0 Å². The first-order chi connectivity index (χ1) is 27.4. The zero-order chi connectivity index (χ0) is 45.5. The van der Waals surface area contributed by atoms with E-state index in [1.54, 1.807) is 45.2 Å². The highest BCUT2D eigenvalue weighted by Gasteiger charge is 2.43. The van der Waals surface area contributed by atoms with Crippen molar-refractivity contribution in [3.05, 3.63) is 35.9 Å². The Bertz CT molecular complexity index is 1510. The summed E-state index contributed by atoms with van der Waals surface area (Å²) >= 11 is 0. The van der Waals surface area contributed by atoms with Crippen molar-refractivity contribution in [1.82, 2.24) is 9.80 Å². The number of quaternary nitrogens is 1. The van der Waals surface area contributed by atoms with Gasteiger partial charge in [0.25, 0.3) is 0 Å². The summed E-state index contributed by atoms with van der Waals surface area (Å²) in [5.74, 6) is -4.65. The summed E-state index contributed by atoms with van der Waals surface area (Å²) in [6.07, 6.45) is -3.74. The number of hydrogen-bond donors (Lipinski definition) is 1. The average molecular weight is 842 g/mol. The van der Waals surface area contributed by atoms with Crippen molar-refractivity contribution in [2.24, 2.45) is 35.5 Å². The number of likely N-dealkylation sites (tertiary alicyclic amines) is 1. The number of aliphatic carboxylic acids is 1. The van der Waals surface area contributed by atoms with E-state index in [1.807, 2.05) is 71.8 Å². The minimum absolute atomic E-state index is 0.0178. The van der Waals surface area contributed by atoms with Crippen LogP contribution in [0.15, 0.2) is 30.3 Å². The van der Waals surface area contributed by atoms with E-state index in [0.717, 1.165) is 17.7 Å². The molecule has 0 unspecified atom stereocenters. The summed E-state index contributed by atoms with van der Waals surface area (Å²) in [6.45, 7) is 16.3. The summed E-state index contributed by atoms with van der Waals surface area (Å²) < 4.78 is 43.5. The Morgan fingerprint density at radius 1 is 0.881 bits per heavy atom. The Hall–Kier alpha value is -3.69. The molecule has 15 heteroatoms. The molecule has 0 saturated carbocycles. The highest BCUT2D eigenvalue weighted by molar-refractivity contribution is 6.00. The molecule has 1 heterocycles. The lowest BCUT2D eigenvalue weighted by Crippen LogP contribution is -3.12. The largest absolute Gasteiger partial charge is 0.542 e. The molecule has 0 bridgehead atoms. The second kappa shape index (κ2) is 24.5. The van der Waals surface area contributed by atoms with Gasteiger partial charge in [-0.2, -0.15) is 13.2 Å². The van der Waals surface area contributed by atoms with Crippen LogP contribution in [0, 0.1) is 35.5 Å². The highest BCUT2D eigenvalue weighted by Crippen LogP contribution is 2.31. The SMILES string of the molecule is CC[C@H](C)[C@@H]([C@@H](CC(=O)N1CCC[C@H]1[C@H](OC)[C@@H](C)C(=O)C[C@H](C)C(=O)c1ccccc1)OC)N(C)C(=O)[C@@H](CC(=O)[C@H](C(C)C)[NH+](C)C)C(C)C.O=C([O-])C(F)(F)F. The summed E-state index contributed by atoms with van der Waals surface area (Å²) in [5.41, 5.74) is 0.584. The quantitative estimate of drug-likeness (QED) is 0.170. The van der Waals surface area contributed by atoms with Crippen LogP contribution < -0.4 is 10.0 Å². The fourth-order valence-corrected chi connectivity index (χ4v) is 8.38. The van der Waals surface area contributed by atoms with E-state index in [9.17, 15) is 37.1 Å². The smallest absolute Gasteiger partial charge is 0.430 e. The minimum Gasteiger partial charge on any atom is -0.542 e. The molecule has 336 valence electrons. The summed E-state index contributed by atoms with van der Waals surface area (Å²) in [6, 6.07) is 8.10. The maximum absolute atomic E-state index is 14.3. The monoisotopic (exact) mass is 842 g/mol. The molecule has 1 aliphatic rings. The van der Waals surface area contributed by atoms with Crippen molar-refractivity contribution in [1.29, 1.82) is 0 Å². The number of hydrogen-bond acceptors (Lipinski definition) is 9. The second-order valence-electron chi connectivity index (χ2n) is 17.0. The van der Waals surface area contributed by atoms with Crippen LogP contribution in [-0.2, 0) is 33.4 Å². The summed E-state index contributed by atoms with van der Waals surface area (Å²) in [7, 11) is 8.90. The second-order valence-corrected chi connectivity index (χ2v) is 17.0. The van der Waals surface area contributed by atoms with Gasteiger partial charge in [0.15, 0.2) is 11.6 Å². The Morgan fingerprint density at radius 3 is 1.88 bits per heavy atom. The van der Waals surface area contributed by atoms with E-state index in [2.05, 4.69) is 13.8 Å². The number of carboxylic acid groups (broad SMARTS) is 1. The molecule has 59 heavy (non-hydrogen) atoms. The van der Waals surface area contributed by atoms with Gasteiger partial charge in [0.1, 0.15) is 17.8 Å². The molecule has 1 aliphatic heterocycles. The zero-order valence-corrected chi connectivity index (χ0v) is 37.4. The van der Waals surface area contributed by atoms with Crippen LogP contribution in [0.5, 0.6) is 0 Å². The topological polar surface area (TPSA) is 155 Å². The van der Waals surface area contributed by atoms with Crippen molar-refractivity contribution < 1.29 is 61.4 Å². The number of methoxy groups -OCH3 is 2. The first kappa shape index (κ1) is 53.3. The van der Waals surface area contributed by atoms with E-state index < -0.39 is 48.1 Å². The number of benzene rings is 1. The van der Waals surface area contributed by atoms with Gasteiger partial charge < -0.3 is 34.1 Å². The molecule has 2 amide bonds. The molecule has 2 rings (SSSR count). The summed E-state index contributed by atoms with van der Waals surface area (Å²) in [4.78, 5) is 81.9. The number of carboxylic acids is 1. The molecule has 0 radical (unpaired) electrons. The Balaban J connectivity index is 0.00000227. The molecule has 12 nitrogen and oxygen atoms in total. The molecular formula is C44H70F3N3O9. The van der Waals surface area contributed by atoms with Gasteiger partial charge >= 0.3 is 6.18 Å². The van der Waals surface area contributed by atoms with Crippen molar-refractivity contribution >= 4 is 35.1 Å². The highest BCUT2D eigenvalue weighted by atomic mass is 19.4. The predicted molar refractivity (Wildman–Crippen MR) is 216 cm³/mol. The van der Waals surface area contributed by atoms with E-state index in [4.69, 9.17) is 19.4 Å². The van der Waals surface area contributed by atoms with Gasteiger partial charge in [-0.25, -0.2) is 0 Å². The Morgan fingerprint density at radius 2 is 1.44 bits per heavy atom. The lowest BCUT2D eigenvalue weighted by molar-refractivity contribution is -0.879. The molecule has 1 aromatic carbocycles. The van der Waals surface area contributed by atoms with E-state index in [1.165, 1.54) is 0 Å². The molecule has 1 aromatic rings. The zero-order valence-electron chi connectivity index (χ0n) is 37.4. The summed E-state index contributed by atoms with van der Waals surface area (Å²) in [5, 5.41) is 8.78. The third-order valence-corrected chi connectivity index (χ3v) is 11.8. The fourth-order valence-electron chi connectivity index (χ4n) is 8.38. The number of likely N-dealkylation sites (N-methyl/N-ethyl adjacent to an activating group) is 2. The van der Waals surface area contributed by atoms with Crippen LogP contribution in [0.25, 0.3) is 0 Å². The first-order valence-electron chi connectivity index (χ1n) is 20.7. The van der Waals surface area contributed by atoms with Gasteiger partial charge in [-0.05, 0) is 24.7 Å². The van der Waals surface area contributed by atoms with Crippen molar-refractivity contribution in [2.75, 3.05) is 41.9 Å². The van der Waals surface area contributed by atoms with E-state index >= 15 is 0 Å².